The Morgan fingerprint density at radius 1 is 0.926 bits per heavy atom. The van der Waals surface area contributed by atoms with E-state index in [-0.39, 0.29) is 6.03 Å². The Labute approximate surface area is 157 Å². The van der Waals surface area contributed by atoms with Crippen LogP contribution in [0.5, 0.6) is 0 Å². The molecule has 4 aromatic rings. The summed E-state index contributed by atoms with van der Waals surface area (Å²) in [6, 6.07) is 23.5. The monoisotopic (exact) mass is 356 g/mol. The van der Waals surface area contributed by atoms with Crippen LogP contribution in [-0.2, 0) is 6.54 Å². The third kappa shape index (κ3) is 3.82. The summed E-state index contributed by atoms with van der Waals surface area (Å²) in [5.41, 5.74) is 3.19. The van der Waals surface area contributed by atoms with Gasteiger partial charge in [-0.1, -0.05) is 60.7 Å². The summed E-state index contributed by atoms with van der Waals surface area (Å²) in [7, 11) is 0. The summed E-state index contributed by atoms with van der Waals surface area (Å²) in [6.07, 6.45) is 1.86. The number of rotatable bonds is 4. The SMILES string of the molecule is Cc1ccccc1Cn1ccc(NC(=O)Nc2cccc3ccccc23)n1. The van der Waals surface area contributed by atoms with E-state index in [1.54, 1.807) is 6.07 Å². The van der Waals surface area contributed by atoms with E-state index in [0.717, 1.165) is 16.5 Å². The summed E-state index contributed by atoms with van der Waals surface area (Å²) < 4.78 is 1.82. The summed E-state index contributed by atoms with van der Waals surface area (Å²) in [5.74, 6) is 0.515. The van der Waals surface area contributed by atoms with Crippen LogP contribution in [0.4, 0.5) is 16.3 Å². The van der Waals surface area contributed by atoms with Crippen LogP contribution >= 0.6 is 0 Å². The van der Waals surface area contributed by atoms with Crippen LogP contribution in [0.25, 0.3) is 10.8 Å². The van der Waals surface area contributed by atoms with Gasteiger partial charge in [0.15, 0.2) is 5.82 Å². The molecule has 0 saturated heterocycles. The van der Waals surface area contributed by atoms with Crippen LogP contribution in [0.2, 0.25) is 0 Å². The maximum Gasteiger partial charge on any atom is 0.324 e. The summed E-state index contributed by atoms with van der Waals surface area (Å²) in [6.45, 7) is 2.74. The molecule has 0 bridgehead atoms. The van der Waals surface area contributed by atoms with Crippen molar-refractivity contribution in [3.05, 3.63) is 90.1 Å². The Kier molecular flexibility index (Phi) is 4.58. The van der Waals surface area contributed by atoms with Gasteiger partial charge < -0.3 is 5.32 Å². The molecule has 0 aliphatic rings. The number of urea groups is 1. The van der Waals surface area contributed by atoms with E-state index in [4.69, 9.17) is 0 Å². The average Bonchev–Trinajstić information content (AvgIpc) is 3.11. The first-order chi connectivity index (χ1) is 13.2. The Bertz CT molecular complexity index is 1090. The second kappa shape index (κ2) is 7.33. The summed E-state index contributed by atoms with van der Waals surface area (Å²) >= 11 is 0. The van der Waals surface area contributed by atoms with Gasteiger partial charge in [-0.15, -0.1) is 0 Å². The van der Waals surface area contributed by atoms with Crippen LogP contribution in [0.3, 0.4) is 0 Å². The third-order valence-corrected chi connectivity index (χ3v) is 4.51. The van der Waals surface area contributed by atoms with Crippen LogP contribution < -0.4 is 10.6 Å². The highest BCUT2D eigenvalue weighted by Gasteiger charge is 2.08. The molecule has 3 aromatic carbocycles. The van der Waals surface area contributed by atoms with Gasteiger partial charge in [0, 0.05) is 17.6 Å². The quantitative estimate of drug-likeness (QED) is 0.538. The number of amides is 2. The van der Waals surface area contributed by atoms with Crippen molar-refractivity contribution in [2.45, 2.75) is 13.5 Å². The van der Waals surface area contributed by atoms with E-state index in [1.807, 2.05) is 65.5 Å². The summed E-state index contributed by atoms with van der Waals surface area (Å²) in [4.78, 5) is 12.4. The van der Waals surface area contributed by atoms with E-state index in [9.17, 15) is 4.79 Å². The Morgan fingerprint density at radius 2 is 1.70 bits per heavy atom. The molecule has 0 aliphatic carbocycles. The number of anilines is 2. The fraction of sp³-hybridized carbons (Fsp3) is 0.0909. The molecule has 0 radical (unpaired) electrons. The van der Waals surface area contributed by atoms with E-state index in [0.29, 0.717) is 12.4 Å². The van der Waals surface area contributed by atoms with Gasteiger partial charge in [0.1, 0.15) is 0 Å². The smallest absolute Gasteiger partial charge is 0.307 e. The van der Waals surface area contributed by atoms with Crippen molar-refractivity contribution < 1.29 is 4.79 Å². The van der Waals surface area contributed by atoms with E-state index < -0.39 is 0 Å². The van der Waals surface area contributed by atoms with Crippen molar-refractivity contribution in [3.8, 4) is 0 Å². The van der Waals surface area contributed by atoms with Gasteiger partial charge in [-0.3, -0.25) is 10.00 Å². The highest BCUT2D eigenvalue weighted by molar-refractivity contribution is 6.05. The lowest BCUT2D eigenvalue weighted by molar-refractivity contribution is 0.262. The van der Waals surface area contributed by atoms with Crippen molar-refractivity contribution >= 4 is 28.3 Å². The molecule has 0 atom stereocenters. The molecule has 4 rings (SSSR count). The second-order valence-corrected chi connectivity index (χ2v) is 6.43. The first kappa shape index (κ1) is 16.8. The molecule has 0 unspecified atom stereocenters. The van der Waals surface area contributed by atoms with Crippen LogP contribution in [0, 0.1) is 6.92 Å². The summed E-state index contributed by atoms with van der Waals surface area (Å²) in [5, 5.41) is 12.2. The molecule has 0 spiro atoms. The zero-order valence-electron chi connectivity index (χ0n) is 15.0. The minimum atomic E-state index is -0.313. The number of aryl methyl sites for hydroxylation is 1. The average molecular weight is 356 g/mol. The molecular formula is C22H20N4O. The molecule has 0 saturated carbocycles. The van der Waals surface area contributed by atoms with Gasteiger partial charge in [0.25, 0.3) is 0 Å². The van der Waals surface area contributed by atoms with Gasteiger partial charge >= 0.3 is 6.03 Å². The molecule has 1 heterocycles. The van der Waals surface area contributed by atoms with Crippen molar-refractivity contribution in [2.24, 2.45) is 0 Å². The molecule has 2 amide bonds. The fourth-order valence-corrected chi connectivity index (χ4v) is 3.08. The number of benzene rings is 3. The zero-order chi connectivity index (χ0) is 18.6. The lowest BCUT2D eigenvalue weighted by atomic mass is 10.1. The predicted octanol–water partition coefficient (Wildman–Crippen LogP) is 5.04. The molecule has 5 heteroatoms. The van der Waals surface area contributed by atoms with Crippen molar-refractivity contribution in [1.29, 1.82) is 0 Å². The third-order valence-electron chi connectivity index (χ3n) is 4.51. The molecule has 0 aliphatic heterocycles. The number of hydrogen-bond donors (Lipinski definition) is 2. The lowest BCUT2D eigenvalue weighted by Gasteiger charge is -2.09. The minimum Gasteiger partial charge on any atom is -0.307 e. The second-order valence-electron chi connectivity index (χ2n) is 6.43. The van der Waals surface area contributed by atoms with Gasteiger partial charge in [0.2, 0.25) is 0 Å². The molecule has 134 valence electrons. The topological polar surface area (TPSA) is 59.0 Å². The van der Waals surface area contributed by atoms with E-state index >= 15 is 0 Å². The number of carbonyl (C=O) groups is 1. The Balaban J connectivity index is 1.44. The van der Waals surface area contributed by atoms with Crippen molar-refractivity contribution in [1.82, 2.24) is 9.78 Å². The number of nitrogens with one attached hydrogen (secondary N) is 2. The first-order valence-electron chi connectivity index (χ1n) is 8.83. The molecule has 0 fully saturated rings. The maximum absolute atomic E-state index is 12.4. The molecule has 5 nitrogen and oxygen atoms in total. The van der Waals surface area contributed by atoms with E-state index in [1.165, 1.54) is 11.1 Å². The molecule has 27 heavy (non-hydrogen) atoms. The Hall–Kier alpha value is -3.60. The molecule has 1 aromatic heterocycles. The largest absolute Gasteiger partial charge is 0.324 e. The van der Waals surface area contributed by atoms with Gasteiger partial charge in [-0.2, -0.15) is 5.10 Å². The van der Waals surface area contributed by atoms with Crippen molar-refractivity contribution in [3.63, 3.8) is 0 Å². The Morgan fingerprint density at radius 3 is 2.59 bits per heavy atom. The normalized spacial score (nSPS) is 10.7. The minimum absolute atomic E-state index is 0.313. The first-order valence-corrected chi connectivity index (χ1v) is 8.83. The van der Waals surface area contributed by atoms with Gasteiger partial charge in [-0.25, -0.2) is 4.79 Å². The van der Waals surface area contributed by atoms with Crippen LogP contribution in [0.1, 0.15) is 11.1 Å². The lowest BCUT2D eigenvalue weighted by Crippen LogP contribution is -2.20. The number of carbonyl (C=O) groups excluding carboxylic acids is 1. The maximum atomic E-state index is 12.4. The number of nitrogens with zero attached hydrogens (tertiary/aromatic N) is 2. The fourth-order valence-electron chi connectivity index (χ4n) is 3.08. The van der Waals surface area contributed by atoms with Gasteiger partial charge in [0.05, 0.1) is 12.2 Å². The number of aromatic nitrogens is 2. The highest BCUT2D eigenvalue weighted by atomic mass is 16.2. The van der Waals surface area contributed by atoms with Crippen LogP contribution in [-0.4, -0.2) is 15.8 Å². The number of fused-ring (bicyclic) bond motifs is 1. The van der Waals surface area contributed by atoms with Crippen LogP contribution in [0.15, 0.2) is 79.0 Å². The highest BCUT2D eigenvalue weighted by Crippen LogP contribution is 2.23. The predicted molar refractivity (Wildman–Crippen MR) is 109 cm³/mol. The van der Waals surface area contributed by atoms with Gasteiger partial charge in [-0.05, 0) is 29.5 Å². The van der Waals surface area contributed by atoms with Crippen molar-refractivity contribution in [2.75, 3.05) is 10.6 Å². The number of hydrogen-bond acceptors (Lipinski definition) is 2. The molecular weight excluding hydrogens is 336 g/mol. The van der Waals surface area contributed by atoms with E-state index in [2.05, 4.69) is 34.8 Å². The molecule has 2 N–H and O–H groups in total. The standard InChI is InChI=1S/C22H20N4O/c1-16-7-2-3-9-18(16)15-26-14-13-21(25-26)24-22(27)23-20-12-6-10-17-8-4-5-11-19(17)20/h2-14H,15H2,1H3,(H2,23,24,25,27). The zero-order valence-corrected chi connectivity index (χ0v) is 15.0.